The predicted molar refractivity (Wildman–Crippen MR) is 77.3 cm³/mol. The van der Waals surface area contributed by atoms with Crippen molar-refractivity contribution < 1.29 is 4.79 Å². The lowest BCUT2D eigenvalue weighted by molar-refractivity contribution is -0.130. The molecule has 0 radical (unpaired) electrons. The van der Waals surface area contributed by atoms with Gasteiger partial charge in [-0.15, -0.1) is 0 Å². The summed E-state index contributed by atoms with van der Waals surface area (Å²) in [6.45, 7) is 7.71. The predicted octanol–water partition coefficient (Wildman–Crippen LogP) is 2.35. The smallest absolute Gasteiger partial charge is 0.223 e. The molecular formula is C13H28N2OS. The van der Waals surface area contributed by atoms with Gasteiger partial charge in [-0.25, -0.2) is 0 Å². The number of rotatable bonds is 9. The van der Waals surface area contributed by atoms with Crippen molar-refractivity contribution in [2.24, 2.45) is 11.1 Å². The Labute approximate surface area is 111 Å². The molecule has 0 aliphatic heterocycles. The van der Waals surface area contributed by atoms with E-state index < -0.39 is 0 Å². The lowest BCUT2D eigenvalue weighted by Crippen LogP contribution is -2.39. The zero-order chi connectivity index (χ0) is 13.3. The second-order valence-electron chi connectivity index (χ2n) is 5.33. The van der Waals surface area contributed by atoms with Gasteiger partial charge in [-0.05, 0) is 24.1 Å². The zero-order valence-corrected chi connectivity index (χ0v) is 12.6. The van der Waals surface area contributed by atoms with E-state index in [1.807, 2.05) is 23.7 Å². The Hall–Kier alpha value is -0.220. The quantitative estimate of drug-likeness (QED) is 0.647. The maximum absolute atomic E-state index is 11.8. The van der Waals surface area contributed by atoms with Gasteiger partial charge in [0.25, 0.3) is 0 Å². The molecule has 0 spiro atoms. The van der Waals surface area contributed by atoms with Crippen molar-refractivity contribution in [1.29, 1.82) is 0 Å². The van der Waals surface area contributed by atoms with Crippen molar-refractivity contribution in [3.63, 3.8) is 0 Å². The first-order valence-electron chi connectivity index (χ1n) is 6.44. The van der Waals surface area contributed by atoms with Crippen LogP contribution in [0.5, 0.6) is 0 Å². The van der Waals surface area contributed by atoms with Gasteiger partial charge >= 0.3 is 0 Å². The lowest BCUT2D eigenvalue weighted by atomic mass is 9.93. The summed E-state index contributed by atoms with van der Waals surface area (Å²) in [6, 6.07) is 0. The van der Waals surface area contributed by atoms with Crippen LogP contribution in [0, 0.1) is 5.41 Å². The Kier molecular flexibility index (Phi) is 8.70. The molecule has 1 amide bonds. The summed E-state index contributed by atoms with van der Waals surface area (Å²) in [4.78, 5) is 13.7. The highest BCUT2D eigenvalue weighted by Gasteiger charge is 2.20. The number of carbonyl (C=O) groups excluding carboxylic acids is 1. The molecule has 0 atom stereocenters. The molecule has 0 aliphatic rings. The van der Waals surface area contributed by atoms with Gasteiger partial charge in [0.15, 0.2) is 0 Å². The van der Waals surface area contributed by atoms with Gasteiger partial charge in [-0.3, -0.25) is 4.79 Å². The molecule has 0 aromatic heterocycles. The van der Waals surface area contributed by atoms with Gasteiger partial charge < -0.3 is 10.6 Å². The number of thioether (sulfide) groups is 1. The molecule has 0 aromatic carbocycles. The van der Waals surface area contributed by atoms with Crippen LogP contribution in [0.15, 0.2) is 0 Å². The molecule has 4 heteroatoms. The van der Waals surface area contributed by atoms with Gasteiger partial charge in [0.1, 0.15) is 0 Å². The summed E-state index contributed by atoms with van der Waals surface area (Å²) in [5, 5.41) is 0. The molecule has 0 fully saturated rings. The third-order valence-electron chi connectivity index (χ3n) is 2.75. The highest BCUT2D eigenvalue weighted by Crippen LogP contribution is 2.15. The highest BCUT2D eigenvalue weighted by atomic mass is 32.2. The van der Waals surface area contributed by atoms with Crippen molar-refractivity contribution in [1.82, 2.24) is 4.90 Å². The Morgan fingerprint density at radius 2 is 2.00 bits per heavy atom. The largest absolute Gasteiger partial charge is 0.345 e. The first kappa shape index (κ1) is 16.8. The van der Waals surface area contributed by atoms with E-state index in [1.54, 1.807) is 0 Å². The van der Waals surface area contributed by atoms with Crippen LogP contribution in [-0.2, 0) is 4.79 Å². The second kappa shape index (κ2) is 8.81. The van der Waals surface area contributed by atoms with E-state index in [2.05, 4.69) is 20.8 Å². The van der Waals surface area contributed by atoms with Crippen LogP contribution in [0.25, 0.3) is 0 Å². The minimum Gasteiger partial charge on any atom is -0.345 e. The maximum atomic E-state index is 11.8. The normalized spacial score (nSPS) is 11.6. The van der Waals surface area contributed by atoms with E-state index in [-0.39, 0.29) is 11.3 Å². The van der Waals surface area contributed by atoms with Crippen LogP contribution in [0.1, 0.15) is 40.0 Å². The number of hydrogen-bond donors (Lipinski definition) is 1. The third-order valence-corrected chi connectivity index (χ3v) is 3.82. The number of nitrogens with zero attached hydrogens (tertiary/aromatic N) is 1. The Balaban J connectivity index is 3.75. The van der Waals surface area contributed by atoms with Crippen LogP contribution in [0.2, 0.25) is 0 Å². The van der Waals surface area contributed by atoms with Gasteiger partial charge in [0.05, 0.1) is 0 Å². The minimum atomic E-state index is 0.0137. The molecule has 102 valence electrons. The monoisotopic (exact) mass is 260 g/mol. The van der Waals surface area contributed by atoms with E-state index in [9.17, 15) is 4.79 Å². The maximum Gasteiger partial charge on any atom is 0.223 e. The van der Waals surface area contributed by atoms with Crippen LogP contribution in [-0.4, -0.2) is 42.4 Å². The van der Waals surface area contributed by atoms with Crippen molar-refractivity contribution in [3.8, 4) is 0 Å². The SMILES string of the molecule is CCCCSCCC(=O)N(C)CC(C)(C)CN. The molecule has 3 nitrogen and oxygen atoms in total. The minimum absolute atomic E-state index is 0.0137. The Morgan fingerprint density at radius 1 is 1.35 bits per heavy atom. The van der Waals surface area contributed by atoms with Gasteiger partial charge in [-0.2, -0.15) is 11.8 Å². The summed E-state index contributed by atoms with van der Waals surface area (Å²) >= 11 is 1.88. The van der Waals surface area contributed by atoms with Gasteiger partial charge in [0.2, 0.25) is 5.91 Å². The molecular weight excluding hydrogens is 232 g/mol. The molecule has 17 heavy (non-hydrogen) atoms. The molecule has 2 N–H and O–H groups in total. The molecule has 0 aromatic rings. The molecule has 0 rings (SSSR count). The number of hydrogen-bond acceptors (Lipinski definition) is 3. The van der Waals surface area contributed by atoms with Crippen molar-refractivity contribution >= 4 is 17.7 Å². The summed E-state index contributed by atoms with van der Waals surface area (Å²) in [7, 11) is 1.87. The van der Waals surface area contributed by atoms with Crippen LogP contribution < -0.4 is 5.73 Å². The average molecular weight is 260 g/mol. The summed E-state index contributed by atoms with van der Waals surface area (Å²) < 4.78 is 0. The fourth-order valence-corrected chi connectivity index (χ4v) is 2.51. The van der Waals surface area contributed by atoms with Crippen molar-refractivity contribution in [3.05, 3.63) is 0 Å². The lowest BCUT2D eigenvalue weighted by Gasteiger charge is -2.29. The van der Waals surface area contributed by atoms with E-state index in [0.717, 1.165) is 12.3 Å². The summed E-state index contributed by atoms with van der Waals surface area (Å²) in [6.07, 6.45) is 3.12. The number of unbranched alkanes of at least 4 members (excludes halogenated alkanes) is 1. The first-order chi connectivity index (χ1) is 7.93. The standard InChI is InChI=1S/C13H28N2OS/c1-5-6-8-17-9-7-12(16)15(4)11-13(2,3)10-14/h5-11,14H2,1-4H3. The van der Waals surface area contributed by atoms with Gasteiger partial charge in [-0.1, -0.05) is 27.2 Å². The fourth-order valence-electron chi connectivity index (χ4n) is 1.49. The number of amides is 1. The van der Waals surface area contributed by atoms with E-state index >= 15 is 0 Å². The van der Waals surface area contributed by atoms with E-state index in [1.165, 1.54) is 18.6 Å². The third kappa shape index (κ3) is 8.50. The first-order valence-corrected chi connectivity index (χ1v) is 7.60. The zero-order valence-electron chi connectivity index (χ0n) is 11.8. The molecule has 0 heterocycles. The number of carbonyl (C=O) groups is 1. The van der Waals surface area contributed by atoms with Crippen LogP contribution in [0.4, 0.5) is 0 Å². The van der Waals surface area contributed by atoms with Crippen LogP contribution in [0.3, 0.4) is 0 Å². The average Bonchev–Trinajstić information content (AvgIpc) is 2.28. The molecule has 0 saturated heterocycles. The topological polar surface area (TPSA) is 46.3 Å². The second-order valence-corrected chi connectivity index (χ2v) is 6.56. The highest BCUT2D eigenvalue weighted by molar-refractivity contribution is 7.99. The molecule has 0 unspecified atom stereocenters. The fraction of sp³-hybridized carbons (Fsp3) is 0.923. The molecule has 0 saturated carbocycles. The summed E-state index contributed by atoms with van der Waals surface area (Å²) in [5.41, 5.74) is 5.68. The van der Waals surface area contributed by atoms with E-state index in [4.69, 9.17) is 5.73 Å². The van der Waals surface area contributed by atoms with Crippen LogP contribution >= 0.6 is 11.8 Å². The van der Waals surface area contributed by atoms with Crippen molar-refractivity contribution in [2.45, 2.75) is 40.0 Å². The Morgan fingerprint density at radius 3 is 2.53 bits per heavy atom. The van der Waals surface area contributed by atoms with Crippen molar-refractivity contribution in [2.75, 3.05) is 31.6 Å². The summed E-state index contributed by atoms with van der Waals surface area (Å²) in [5.74, 6) is 2.34. The molecule has 0 aliphatic carbocycles. The number of nitrogens with two attached hydrogens (primary N) is 1. The molecule has 0 bridgehead atoms. The Bertz CT molecular complexity index is 219. The van der Waals surface area contributed by atoms with E-state index in [0.29, 0.717) is 13.0 Å². The van der Waals surface area contributed by atoms with Gasteiger partial charge in [0, 0.05) is 25.8 Å².